The van der Waals surface area contributed by atoms with Gasteiger partial charge in [0.2, 0.25) is 0 Å². The molecule has 1 atom stereocenters. The summed E-state index contributed by atoms with van der Waals surface area (Å²) in [6.07, 6.45) is 4.37. The number of halogens is 1. The van der Waals surface area contributed by atoms with Crippen molar-refractivity contribution in [3.05, 3.63) is 79.2 Å². The summed E-state index contributed by atoms with van der Waals surface area (Å²) < 4.78 is 0. The molecule has 1 amide bonds. The van der Waals surface area contributed by atoms with Gasteiger partial charge in [-0.1, -0.05) is 38.4 Å². The number of amides is 1. The normalized spacial score (nSPS) is 18.0. The molecule has 1 aliphatic carbocycles. The number of piperazine rings is 1. The number of aliphatic imine (C=N–C) groups is 1. The Morgan fingerprint density at radius 2 is 1.85 bits per heavy atom. The smallest absolute Gasteiger partial charge is 0.293 e. The van der Waals surface area contributed by atoms with Crippen LogP contribution < -0.4 is 10.2 Å². The molecule has 2 aliphatic rings. The van der Waals surface area contributed by atoms with E-state index < -0.39 is 0 Å². The molecular formula is C31H36ClN5O3S. The SMILES string of the molecule is CN1CCN(c2ccc(C=Nc3sc4c(c3C(=O)Nc3ccc(Cl)cc3)CC[C@@H](C(C)(C)C)C4)cc2[N+](=O)[O-])CC1. The first-order valence-corrected chi connectivity index (χ1v) is 15.2. The van der Waals surface area contributed by atoms with Crippen LogP contribution in [0.3, 0.4) is 0 Å². The lowest BCUT2D eigenvalue weighted by Crippen LogP contribution is -2.44. The van der Waals surface area contributed by atoms with Crippen molar-refractivity contribution < 1.29 is 9.72 Å². The summed E-state index contributed by atoms with van der Waals surface area (Å²) >= 11 is 7.58. The van der Waals surface area contributed by atoms with Gasteiger partial charge in [-0.15, -0.1) is 11.3 Å². The monoisotopic (exact) mass is 593 g/mol. The minimum absolute atomic E-state index is 0.0673. The fourth-order valence-corrected chi connectivity index (χ4v) is 6.97. The van der Waals surface area contributed by atoms with E-state index >= 15 is 0 Å². The fourth-order valence-electron chi connectivity index (χ4n) is 5.58. The lowest BCUT2D eigenvalue weighted by molar-refractivity contribution is -0.384. The number of hydrogen-bond acceptors (Lipinski definition) is 7. The zero-order valence-corrected chi connectivity index (χ0v) is 25.5. The quantitative estimate of drug-likeness (QED) is 0.185. The van der Waals surface area contributed by atoms with E-state index in [1.165, 1.54) is 4.88 Å². The lowest BCUT2D eigenvalue weighted by Gasteiger charge is -2.33. The molecular weight excluding hydrogens is 558 g/mol. The number of benzene rings is 2. The molecule has 41 heavy (non-hydrogen) atoms. The average Bonchev–Trinajstić information content (AvgIpc) is 3.31. The summed E-state index contributed by atoms with van der Waals surface area (Å²) in [7, 11) is 2.06. The van der Waals surface area contributed by atoms with Crippen LogP contribution >= 0.6 is 22.9 Å². The fraction of sp³-hybridized carbons (Fsp3) is 0.419. The predicted molar refractivity (Wildman–Crippen MR) is 169 cm³/mol. The summed E-state index contributed by atoms with van der Waals surface area (Å²) in [6, 6.07) is 12.3. The van der Waals surface area contributed by atoms with E-state index in [1.807, 2.05) is 12.1 Å². The number of nitro benzene ring substituents is 1. The minimum atomic E-state index is -0.327. The summed E-state index contributed by atoms with van der Waals surface area (Å²) in [5, 5.41) is 16.2. The Morgan fingerprint density at radius 1 is 1.15 bits per heavy atom. The Balaban J connectivity index is 1.47. The Morgan fingerprint density at radius 3 is 2.51 bits per heavy atom. The van der Waals surface area contributed by atoms with Gasteiger partial charge in [-0.25, -0.2) is 4.99 Å². The van der Waals surface area contributed by atoms with Gasteiger partial charge in [0.1, 0.15) is 10.7 Å². The van der Waals surface area contributed by atoms with Gasteiger partial charge in [-0.3, -0.25) is 14.9 Å². The highest BCUT2D eigenvalue weighted by Gasteiger charge is 2.34. The van der Waals surface area contributed by atoms with Crippen LogP contribution in [0.4, 0.5) is 22.1 Å². The minimum Gasteiger partial charge on any atom is -0.363 e. The molecule has 1 fully saturated rings. The molecule has 0 radical (unpaired) electrons. The maximum absolute atomic E-state index is 13.6. The number of rotatable bonds is 6. The highest BCUT2D eigenvalue weighted by molar-refractivity contribution is 7.16. The highest BCUT2D eigenvalue weighted by atomic mass is 35.5. The number of hydrogen-bond donors (Lipinski definition) is 1. The van der Waals surface area contributed by atoms with Gasteiger partial charge in [0, 0.05) is 54.0 Å². The molecule has 0 bridgehead atoms. The molecule has 1 aromatic heterocycles. The van der Waals surface area contributed by atoms with Crippen LogP contribution in [0, 0.1) is 21.4 Å². The largest absolute Gasteiger partial charge is 0.363 e. The molecule has 216 valence electrons. The third-order valence-electron chi connectivity index (χ3n) is 8.17. The third kappa shape index (κ3) is 6.63. The molecule has 1 aliphatic heterocycles. The third-order valence-corrected chi connectivity index (χ3v) is 9.59. The van der Waals surface area contributed by atoms with E-state index in [1.54, 1.807) is 47.9 Å². The lowest BCUT2D eigenvalue weighted by atomic mass is 9.72. The van der Waals surface area contributed by atoms with Crippen LogP contribution in [-0.4, -0.2) is 55.2 Å². The van der Waals surface area contributed by atoms with Crippen LogP contribution in [0.15, 0.2) is 47.5 Å². The van der Waals surface area contributed by atoms with Gasteiger partial charge in [-0.05, 0) is 79.1 Å². The van der Waals surface area contributed by atoms with Crippen LogP contribution in [0.1, 0.15) is 53.6 Å². The van der Waals surface area contributed by atoms with E-state index in [4.69, 9.17) is 16.6 Å². The number of carbonyl (C=O) groups excluding carboxylic acids is 1. The van der Waals surface area contributed by atoms with Crippen molar-refractivity contribution in [2.45, 2.75) is 40.0 Å². The van der Waals surface area contributed by atoms with E-state index in [-0.39, 0.29) is 21.9 Å². The second-order valence-electron chi connectivity index (χ2n) is 12.0. The number of nitrogens with zero attached hydrogens (tertiary/aromatic N) is 4. The zero-order chi connectivity index (χ0) is 29.3. The van der Waals surface area contributed by atoms with Gasteiger partial charge in [-0.2, -0.15) is 0 Å². The molecule has 8 nitrogen and oxygen atoms in total. The maximum Gasteiger partial charge on any atom is 0.293 e. The second-order valence-corrected chi connectivity index (χ2v) is 13.5. The number of nitro groups is 1. The Hall–Kier alpha value is -3.27. The summed E-state index contributed by atoms with van der Waals surface area (Å²) in [5.41, 5.74) is 3.80. The summed E-state index contributed by atoms with van der Waals surface area (Å²) in [5.74, 6) is 0.310. The predicted octanol–water partition coefficient (Wildman–Crippen LogP) is 7.22. The maximum atomic E-state index is 13.6. The van der Waals surface area contributed by atoms with E-state index in [9.17, 15) is 14.9 Å². The first-order chi connectivity index (χ1) is 19.5. The van der Waals surface area contributed by atoms with Crippen molar-refractivity contribution in [1.29, 1.82) is 0 Å². The molecule has 0 saturated carbocycles. The molecule has 5 rings (SSSR count). The van der Waals surface area contributed by atoms with Gasteiger partial charge < -0.3 is 15.1 Å². The van der Waals surface area contributed by atoms with Crippen LogP contribution in [0.5, 0.6) is 0 Å². The summed E-state index contributed by atoms with van der Waals surface area (Å²) in [6.45, 7) is 10.0. The number of carbonyl (C=O) groups is 1. The number of fused-ring (bicyclic) bond motifs is 1. The van der Waals surface area contributed by atoms with E-state index in [2.05, 4.69) is 42.9 Å². The van der Waals surface area contributed by atoms with Crippen molar-refractivity contribution in [3.63, 3.8) is 0 Å². The van der Waals surface area contributed by atoms with Gasteiger partial charge in [0.05, 0.1) is 10.5 Å². The highest BCUT2D eigenvalue weighted by Crippen LogP contribution is 2.45. The zero-order valence-electron chi connectivity index (χ0n) is 23.9. The van der Waals surface area contributed by atoms with Gasteiger partial charge in [0.25, 0.3) is 11.6 Å². The van der Waals surface area contributed by atoms with Crippen molar-refractivity contribution in [3.8, 4) is 0 Å². The van der Waals surface area contributed by atoms with Crippen LogP contribution in [-0.2, 0) is 12.8 Å². The number of nitrogens with one attached hydrogen (secondary N) is 1. The van der Waals surface area contributed by atoms with Crippen molar-refractivity contribution in [2.24, 2.45) is 16.3 Å². The van der Waals surface area contributed by atoms with Crippen molar-refractivity contribution in [2.75, 3.05) is 43.4 Å². The standard InChI is InChI=1S/C31H36ClN5O3S/c1-31(2,3)21-6-11-24-27(18-21)41-30(28(24)29(38)34-23-9-7-22(32)8-10-23)33-19-20-5-12-25(26(17-20)37(39)40)36-15-13-35(4)14-16-36/h5,7-10,12,17,19,21H,6,11,13-16,18H2,1-4H3,(H,34,38)/t21-/m1/s1. The van der Waals surface area contributed by atoms with Crippen LogP contribution in [0.25, 0.3) is 0 Å². The molecule has 3 aromatic rings. The van der Waals surface area contributed by atoms with E-state index in [0.29, 0.717) is 38.4 Å². The average molecular weight is 594 g/mol. The molecule has 2 heterocycles. The number of likely N-dealkylation sites (N-methyl/N-ethyl adjacent to an activating group) is 1. The Bertz CT molecular complexity index is 1470. The molecule has 2 aromatic carbocycles. The number of anilines is 2. The van der Waals surface area contributed by atoms with E-state index in [0.717, 1.165) is 51.0 Å². The topological polar surface area (TPSA) is 91.1 Å². The second kappa shape index (κ2) is 11.9. The number of thiophene rings is 1. The van der Waals surface area contributed by atoms with Crippen molar-refractivity contribution >= 4 is 57.1 Å². The molecule has 1 saturated heterocycles. The summed E-state index contributed by atoms with van der Waals surface area (Å²) in [4.78, 5) is 35.5. The Kier molecular flexibility index (Phi) is 8.50. The van der Waals surface area contributed by atoms with Gasteiger partial charge >= 0.3 is 0 Å². The molecule has 0 spiro atoms. The van der Waals surface area contributed by atoms with Crippen LogP contribution in [0.2, 0.25) is 5.02 Å². The first kappa shape index (κ1) is 29.2. The molecule has 1 N–H and O–H groups in total. The Labute approximate surface area is 250 Å². The van der Waals surface area contributed by atoms with Crippen molar-refractivity contribution in [1.82, 2.24) is 4.90 Å². The van der Waals surface area contributed by atoms with Gasteiger partial charge in [0.15, 0.2) is 0 Å². The first-order valence-electron chi connectivity index (χ1n) is 14.0. The molecule has 0 unspecified atom stereocenters. The molecule has 10 heteroatoms.